The predicted molar refractivity (Wildman–Crippen MR) is 106 cm³/mol. The fraction of sp³-hybridized carbons (Fsp3) is 0.429. The van der Waals surface area contributed by atoms with Crippen LogP contribution in [0.2, 0.25) is 0 Å². The Morgan fingerprint density at radius 3 is 2.37 bits per heavy atom. The van der Waals surface area contributed by atoms with Crippen LogP contribution in [0, 0.1) is 0 Å². The fourth-order valence-electron chi connectivity index (χ4n) is 3.10. The number of likely N-dealkylation sites (tertiary alicyclic amines) is 1. The van der Waals surface area contributed by atoms with E-state index in [0.717, 1.165) is 43.1 Å². The summed E-state index contributed by atoms with van der Waals surface area (Å²) in [6.45, 7) is 2.85. The van der Waals surface area contributed by atoms with Crippen molar-refractivity contribution in [3.8, 4) is 11.5 Å². The summed E-state index contributed by atoms with van der Waals surface area (Å²) in [6, 6.07) is 11.2. The molecule has 0 atom stereocenters. The van der Waals surface area contributed by atoms with Crippen LogP contribution in [0.3, 0.4) is 0 Å². The summed E-state index contributed by atoms with van der Waals surface area (Å²) in [5.41, 5.74) is 1.39. The third-order valence-corrected chi connectivity index (χ3v) is 4.64. The lowest BCUT2D eigenvalue weighted by Gasteiger charge is -2.19. The molecule has 3 rings (SSSR count). The Kier molecular flexibility index (Phi) is 6.90. The maximum absolute atomic E-state index is 12.5. The first-order valence-electron chi connectivity index (χ1n) is 9.52. The zero-order valence-electron chi connectivity index (χ0n) is 15.8. The van der Waals surface area contributed by atoms with Gasteiger partial charge in [0.2, 0.25) is 0 Å². The molecular formula is C21H27N3O3. The molecule has 1 aromatic heterocycles. The molecule has 2 heterocycles. The number of pyridine rings is 1. The topological polar surface area (TPSA) is 63.7 Å². The van der Waals surface area contributed by atoms with Crippen molar-refractivity contribution in [2.75, 3.05) is 38.7 Å². The van der Waals surface area contributed by atoms with E-state index in [4.69, 9.17) is 9.47 Å². The first kappa shape index (κ1) is 19.0. The van der Waals surface area contributed by atoms with Crippen molar-refractivity contribution in [2.45, 2.75) is 25.7 Å². The summed E-state index contributed by atoms with van der Waals surface area (Å²) in [5, 5.41) is 3.26. The Labute approximate surface area is 160 Å². The minimum absolute atomic E-state index is 0.0336. The maximum Gasteiger partial charge on any atom is 0.272 e. The van der Waals surface area contributed by atoms with Crippen molar-refractivity contribution in [2.24, 2.45) is 0 Å². The number of ether oxygens (including phenoxy) is 2. The first-order chi connectivity index (χ1) is 13.3. The van der Waals surface area contributed by atoms with Gasteiger partial charge in [-0.2, -0.15) is 0 Å². The predicted octanol–water partition coefficient (Wildman–Crippen LogP) is 3.60. The number of hydrogen-bond acceptors (Lipinski definition) is 5. The van der Waals surface area contributed by atoms with Gasteiger partial charge in [0, 0.05) is 19.6 Å². The minimum Gasteiger partial charge on any atom is -0.497 e. The van der Waals surface area contributed by atoms with Crippen molar-refractivity contribution < 1.29 is 14.3 Å². The van der Waals surface area contributed by atoms with E-state index >= 15 is 0 Å². The van der Waals surface area contributed by atoms with Crippen LogP contribution in [0.1, 0.15) is 36.2 Å². The van der Waals surface area contributed by atoms with Gasteiger partial charge in [-0.05, 0) is 49.2 Å². The van der Waals surface area contributed by atoms with Crippen LogP contribution in [0.5, 0.6) is 11.5 Å². The monoisotopic (exact) mass is 369 g/mol. The van der Waals surface area contributed by atoms with Gasteiger partial charge < -0.3 is 19.7 Å². The van der Waals surface area contributed by atoms with E-state index < -0.39 is 0 Å². The number of hydrogen-bond donors (Lipinski definition) is 1. The molecule has 1 saturated heterocycles. The van der Waals surface area contributed by atoms with Crippen molar-refractivity contribution in [3.63, 3.8) is 0 Å². The minimum atomic E-state index is 0.0336. The number of nitrogens with one attached hydrogen (secondary N) is 1. The lowest BCUT2D eigenvalue weighted by atomic mass is 10.2. The van der Waals surface area contributed by atoms with Crippen molar-refractivity contribution >= 4 is 11.6 Å². The number of amides is 1. The summed E-state index contributed by atoms with van der Waals surface area (Å²) in [5.74, 6) is 1.64. The van der Waals surface area contributed by atoms with Gasteiger partial charge in [0.15, 0.2) is 0 Å². The Morgan fingerprint density at radius 1 is 1.04 bits per heavy atom. The molecular weight excluding hydrogens is 342 g/mol. The molecule has 1 aromatic carbocycles. The molecule has 144 valence electrons. The number of methoxy groups -OCH3 is 1. The summed E-state index contributed by atoms with van der Waals surface area (Å²) in [4.78, 5) is 18.8. The number of anilines is 1. The number of aromatic nitrogens is 1. The van der Waals surface area contributed by atoms with E-state index in [9.17, 15) is 4.79 Å². The van der Waals surface area contributed by atoms with Gasteiger partial charge in [0.25, 0.3) is 5.91 Å². The van der Waals surface area contributed by atoms with Crippen molar-refractivity contribution in [3.05, 3.63) is 48.3 Å². The molecule has 1 amide bonds. The van der Waals surface area contributed by atoms with Crippen LogP contribution in [0.15, 0.2) is 42.6 Å². The molecule has 6 heteroatoms. The third-order valence-electron chi connectivity index (χ3n) is 4.64. The number of nitrogens with zero attached hydrogens (tertiary/aromatic N) is 2. The molecule has 0 radical (unpaired) electrons. The standard InChI is InChI=1S/C21H27N3O3/c1-26-18-7-9-19(10-8-18)27-15-12-22-17-6-11-20(23-16-17)21(25)24-13-4-2-3-5-14-24/h6-11,16,22H,2-5,12-15H2,1H3. The van der Waals surface area contributed by atoms with E-state index in [1.807, 2.05) is 35.2 Å². The van der Waals surface area contributed by atoms with Crippen LogP contribution in [-0.4, -0.2) is 49.1 Å². The normalized spacial score (nSPS) is 14.3. The maximum atomic E-state index is 12.5. The highest BCUT2D eigenvalue weighted by Gasteiger charge is 2.18. The average Bonchev–Trinajstić information content (AvgIpc) is 3.01. The average molecular weight is 369 g/mol. The molecule has 0 spiro atoms. The number of rotatable bonds is 7. The van der Waals surface area contributed by atoms with Gasteiger partial charge in [-0.15, -0.1) is 0 Å². The molecule has 2 aromatic rings. The van der Waals surface area contributed by atoms with Crippen LogP contribution < -0.4 is 14.8 Å². The molecule has 6 nitrogen and oxygen atoms in total. The Bertz CT molecular complexity index is 708. The molecule has 27 heavy (non-hydrogen) atoms. The van der Waals surface area contributed by atoms with E-state index in [1.165, 1.54) is 12.8 Å². The zero-order valence-corrected chi connectivity index (χ0v) is 15.8. The Hall–Kier alpha value is -2.76. The Morgan fingerprint density at radius 2 is 1.74 bits per heavy atom. The van der Waals surface area contributed by atoms with Crippen LogP contribution in [-0.2, 0) is 0 Å². The van der Waals surface area contributed by atoms with E-state index in [0.29, 0.717) is 18.8 Å². The smallest absolute Gasteiger partial charge is 0.272 e. The summed E-state index contributed by atoms with van der Waals surface area (Å²) < 4.78 is 10.8. The second-order valence-corrected chi connectivity index (χ2v) is 6.59. The Balaban J connectivity index is 1.43. The molecule has 1 N–H and O–H groups in total. The van der Waals surface area contributed by atoms with Gasteiger partial charge >= 0.3 is 0 Å². The quantitative estimate of drug-likeness (QED) is 0.756. The van der Waals surface area contributed by atoms with Gasteiger partial charge in [-0.1, -0.05) is 12.8 Å². The van der Waals surface area contributed by atoms with Gasteiger partial charge in [0.1, 0.15) is 23.8 Å². The molecule has 0 aliphatic carbocycles. The number of benzene rings is 1. The second-order valence-electron chi connectivity index (χ2n) is 6.59. The van der Waals surface area contributed by atoms with Crippen LogP contribution >= 0.6 is 0 Å². The van der Waals surface area contributed by atoms with Gasteiger partial charge in [0.05, 0.1) is 19.0 Å². The molecule has 0 bridgehead atoms. The fourth-order valence-corrected chi connectivity index (χ4v) is 3.10. The molecule has 0 unspecified atom stereocenters. The third kappa shape index (κ3) is 5.61. The van der Waals surface area contributed by atoms with Crippen molar-refractivity contribution in [1.29, 1.82) is 0 Å². The second kappa shape index (κ2) is 9.80. The summed E-state index contributed by atoms with van der Waals surface area (Å²) in [7, 11) is 1.64. The summed E-state index contributed by atoms with van der Waals surface area (Å²) >= 11 is 0. The van der Waals surface area contributed by atoms with E-state index in [2.05, 4.69) is 10.3 Å². The molecule has 0 saturated carbocycles. The molecule has 1 aliphatic heterocycles. The number of carbonyl (C=O) groups excluding carboxylic acids is 1. The highest BCUT2D eigenvalue weighted by atomic mass is 16.5. The van der Waals surface area contributed by atoms with Crippen molar-refractivity contribution in [1.82, 2.24) is 9.88 Å². The highest BCUT2D eigenvalue weighted by molar-refractivity contribution is 5.92. The highest BCUT2D eigenvalue weighted by Crippen LogP contribution is 2.17. The first-order valence-corrected chi connectivity index (χ1v) is 9.52. The van der Waals surface area contributed by atoms with E-state index in [1.54, 1.807) is 19.4 Å². The number of carbonyl (C=O) groups is 1. The largest absolute Gasteiger partial charge is 0.497 e. The van der Waals surface area contributed by atoms with Crippen LogP contribution in [0.25, 0.3) is 0 Å². The van der Waals surface area contributed by atoms with Gasteiger partial charge in [-0.25, -0.2) is 4.98 Å². The zero-order chi connectivity index (χ0) is 18.9. The van der Waals surface area contributed by atoms with Gasteiger partial charge in [-0.3, -0.25) is 4.79 Å². The van der Waals surface area contributed by atoms with E-state index in [-0.39, 0.29) is 5.91 Å². The molecule has 1 aliphatic rings. The van der Waals surface area contributed by atoms with Crippen LogP contribution in [0.4, 0.5) is 5.69 Å². The molecule has 1 fully saturated rings. The lowest BCUT2D eigenvalue weighted by molar-refractivity contribution is 0.0756. The SMILES string of the molecule is COc1ccc(OCCNc2ccc(C(=O)N3CCCCCC3)nc2)cc1. The summed E-state index contributed by atoms with van der Waals surface area (Å²) in [6.07, 6.45) is 6.29. The lowest BCUT2D eigenvalue weighted by Crippen LogP contribution is -2.32.